The van der Waals surface area contributed by atoms with E-state index >= 15 is 0 Å². The summed E-state index contributed by atoms with van der Waals surface area (Å²) in [6, 6.07) is 0. The summed E-state index contributed by atoms with van der Waals surface area (Å²) in [6.07, 6.45) is 1.51. The van der Waals surface area contributed by atoms with Crippen LogP contribution in [0, 0.1) is 0 Å². The van der Waals surface area contributed by atoms with Gasteiger partial charge in [0.1, 0.15) is 0 Å². The first-order valence-corrected chi connectivity index (χ1v) is 4.42. The molecule has 1 saturated carbocycles. The van der Waals surface area contributed by atoms with Gasteiger partial charge in [-0.3, -0.25) is 4.79 Å². The number of hydrogen-bond acceptors (Lipinski definition) is 3. The maximum absolute atomic E-state index is 11.3. The largest absolute Gasteiger partial charge is 0.366 e. The van der Waals surface area contributed by atoms with Crippen molar-refractivity contribution in [3.05, 3.63) is 0 Å². The smallest absolute Gasteiger partial charge is 0.180 e. The van der Waals surface area contributed by atoms with E-state index < -0.39 is 11.2 Å². The van der Waals surface area contributed by atoms with Crippen LogP contribution in [0.5, 0.6) is 0 Å². The van der Waals surface area contributed by atoms with E-state index in [2.05, 4.69) is 4.74 Å². The Labute approximate surface area is 76.7 Å². The molecule has 3 nitrogen and oxygen atoms in total. The lowest BCUT2D eigenvalue weighted by atomic mass is 9.86. The van der Waals surface area contributed by atoms with Crippen LogP contribution in [0.3, 0.4) is 0 Å². The second-order valence-corrected chi connectivity index (χ2v) is 3.76. The van der Waals surface area contributed by atoms with Crippen molar-refractivity contribution in [1.82, 2.24) is 0 Å². The summed E-state index contributed by atoms with van der Waals surface area (Å²) in [6.45, 7) is 0. The van der Waals surface area contributed by atoms with E-state index in [1.807, 2.05) is 0 Å². The zero-order valence-corrected chi connectivity index (χ0v) is 7.80. The highest BCUT2D eigenvalue weighted by molar-refractivity contribution is 6.35. The van der Waals surface area contributed by atoms with Gasteiger partial charge < -0.3 is 9.84 Å². The molecule has 2 unspecified atom stereocenters. The number of rotatable bonds is 2. The molecule has 0 aromatic rings. The van der Waals surface area contributed by atoms with Gasteiger partial charge >= 0.3 is 0 Å². The maximum atomic E-state index is 11.3. The van der Waals surface area contributed by atoms with Crippen LogP contribution >= 0.6 is 11.6 Å². The van der Waals surface area contributed by atoms with Gasteiger partial charge in [0.05, 0.1) is 0 Å². The summed E-state index contributed by atoms with van der Waals surface area (Å²) in [4.78, 5) is 10.2. The zero-order chi connectivity index (χ0) is 9.19. The molecular formula is C8H13ClO3. The predicted octanol–water partition coefficient (Wildman–Crippen LogP) is 1.07. The van der Waals surface area contributed by atoms with Gasteiger partial charge in [0.2, 0.25) is 0 Å². The minimum atomic E-state index is -1.19. The predicted molar refractivity (Wildman–Crippen MR) is 45.1 cm³/mol. The van der Waals surface area contributed by atoms with Gasteiger partial charge in [-0.2, -0.15) is 0 Å². The molecule has 12 heavy (non-hydrogen) atoms. The Kier molecular flexibility index (Phi) is 3.09. The number of ketones is 1. The van der Waals surface area contributed by atoms with Gasteiger partial charge in [-0.25, -0.2) is 0 Å². The Morgan fingerprint density at radius 3 is 2.83 bits per heavy atom. The SMILES string of the molecule is COC(O)C1(Cl)CCCCC1=O. The maximum Gasteiger partial charge on any atom is 0.180 e. The number of carbonyl (C=O) groups is 1. The summed E-state index contributed by atoms with van der Waals surface area (Å²) in [7, 11) is 1.34. The summed E-state index contributed by atoms with van der Waals surface area (Å²) in [5, 5.41) is 9.34. The molecule has 1 N–H and O–H groups in total. The average Bonchev–Trinajstić information content (AvgIpc) is 2.09. The monoisotopic (exact) mass is 192 g/mol. The molecule has 0 bridgehead atoms. The van der Waals surface area contributed by atoms with Gasteiger partial charge in [-0.15, -0.1) is 11.6 Å². The van der Waals surface area contributed by atoms with Crippen molar-refractivity contribution in [1.29, 1.82) is 0 Å². The minimum Gasteiger partial charge on any atom is -0.366 e. The van der Waals surface area contributed by atoms with E-state index in [1.54, 1.807) is 0 Å². The highest BCUT2D eigenvalue weighted by Gasteiger charge is 2.44. The first-order chi connectivity index (χ1) is 5.61. The number of aliphatic hydroxyl groups is 1. The van der Waals surface area contributed by atoms with E-state index in [0.29, 0.717) is 12.8 Å². The minimum absolute atomic E-state index is 0.107. The number of ether oxygens (including phenoxy) is 1. The molecule has 0 aromatic heterocycles. The number of Topliss-reactive ketones (excluding diaryl/α,β-unsaturated/α-hetero) is 1. The number of hydrogen-bond donors (Lipinski definition) is 1. The molecule has 1 aliphatic carbocycles. The third-order valence-corrected chi connectivity index (χ3v) is 2.86. The fourth-order valence-electron chi connectivity index (χ4n) is 1.46. The second-order valence-electron chi connectivity index (χ2n) is 3.08. The van der Waals surface area contributed by atoms with Crippen LogP contribution in [0.15, 0.2) is 0 Å². The third-order valence-electron chi connectivity index (χ3n) is 2.27. The number of carbonyl (C=O) groups excluding carboxylic acids is 1. The van der Waals surface area contributed by atoms with Gasteiger partial charge in [0, 0.05) is 13.5 Å². The molecule has 0 aliphatic heterocycles. The van der Waals surface area contributed by atoms with E-state index in [4.69, 9.17) is 11.6 Å². The number of halogens is 1. The van der Waals surface area contributed by atoms with Crippen molar-refractivity contribution < 1.29 is 14.6 Å². The lowest BCUT2D eigenvalue weighted by Gasteiger charge is -2.32. The van der Waals surface area contributed by atoms with Gasteiger partial charge in [-0.1, -0.05) is 6.42 Å². The fraction of sp³-hybridized carbons (Fsp3) is 0.875. The molecule has 1 aliphatic rings. The second kappa shape index (κ2) is 3.73. The summed E-state index contributed by atoms with van der Waals surface area (Å²) >= 11 is 5.95. The first kappa shape index (κ1) is 9.96. The summed E-state index contributed by atoms with van der Waals surface area (Å²) < 4.78 is 4.67. The Hall–Kier alpha value is -0.120. The van der Waals surface area contributed by atoms with Crippen LogP contribution in [-0.2, 0) is 9.53 Å². The van der Waals surface area contributed by atoms with Crippen LogP contribution in [0.2, 0.25) is 0 Å². The van der Waals surface area contributed by atoms with Gasteiger partial charge in [-0.05, 0) is 12.8 Å². The van der Waals surface area contributed by atoms with Crippen molar-refractivity contribution in [3.8, 4) is 0 Å². The molecule has 0 radical (unpaired) electrons. The Bertz CT molecular complexity index is 183. The molecule has 0 heterocycles. The van der Waals surface area contributed by atoms with Crippen LogP contribution in [0.1, 0.15) is 25.7 Å². The van der Waals surface area contributed by atoms with E-state index in [9.17, 15) is 9.90 Å². The van der Waals surface area contributed by atoms with Crippen molar-refractivity contribution in [3.63, 3.8) is 0 Å². The van der Waals surface area contributed by atoms with Crippen LogP contribution in [0.4, 0.5) is 0 Å². The highest BCUT2D eigenvalue weighted by atomic mass is 35.5. The Balaban J connectivity index is 2.72. The van der Waals surface area contributed by atoms with Crippen molar-refractivity contribution in [2.75, 3.05) is 7.11 Å². The normalized spacial score (nSPS) is 33.4. The van der Waals surface area contributed by atoms with Gasteiger partial charge in [0.15, 0.2) is 16.9 Å². The molecule has 4 heteroatoms. The molecule has 1 rings (SSSR count). The Morgan fingerprint density at radius 2 is 2.33 bits per heavy atom. The quantitative estimate of drug-likeness (QED) is 0.526. The number of methoxy groups -OCH3 is 1. The molecule has 2 atom stereocenters. The lowest BCUT2D eigenvalue weighted by Crippen LogP contribution is -2.47. The molecule has 1 fully saturated rings. The zero-order valence-electron chi connectivity index (χ0n) is 7.05. The highest BCUT2D eigenvalue weighted by Crippen LogP contribution is 2.34. The molecule has 0 saturated heterocycles. The van der Waals surface area contributed by atoms with Crippen molar-refractivity contribution in [2.24, 2.45) is 0 Å². The van der Waals surface area contributed by atoms with Crippen molar-refractivity contribution >= 4 is 17.4 Å². The Morgan fingerprint density at radius 1 is 1.67 bits per heavy atom. The molecule has 0 aromatic carbocycles. The topological polar surface area (TPSA) is 46.5 Å². The first-order valence-electron chi connectivity index (χ1n) is 4.04. The molecule has 70 valence electrons. The average molecular weight is 193 g/mol. The molecule has 0 amide bonds. The van der Waals surface area contributed by atoms with Crippen LogP contribution < -0.4 is 0 Å². The summed E-state index contributed by atoms with van der Waals surface area (Å²) in [5.41, 5.74) is 0. The standard InChI is InChI=1S/C8H13ClO3/c1-12-7(11)8(9)5-3-2-4-6(8)10/h7,11H,2-5H2,1H3. The van der Waals surface area contributed by atoms with E-state index in [-0.39, 0.29) is 5.78 Å². The summed E-state index contributed by atoms with van der Waals surface area (Å²) in [5.74, 6) is -0.107. The third kappa shape index (κ3) is 1.63. The van der Waals surface area contributed by atoms with Gasteiger partial charge in [0.25, 0.3) is 0 Å². The molecular weight excluding hydrogens is 180 g/mol. The van der Waals surface area contributed by atoms with E-state index in [1.165, 1.54) is 7.11 Å². The van der Waals surface area contributed by atoms with Crippen molar-refractivity contribution in [2.45, 2.75) is 36.8 Å². The number of aliphatic hydroxyl groups excluding tert-OH is 1. The lowest BCUT2D eigenvalue weighted by molar-refractivity contribution is -0.144. The van der Waals surface area contributed by atoms with E-state index in [0.717, 1.165) is 12.8 Å². The fourth-order valence-corrected chi connectivity index (χ4v) is 1.78. The van der Waals surface area contributed by atoms with Crippen LogP contribution in [-0.4, -0.2) is 29.2 Å². The van der Waals surface area contributed by atoms with Crippen LogP contribution in [0.25, 0.3) is 0 Å². The number of alkyl halides is 1. The molecule has 0 spiro atoms.